The fraction of sp³-hybridized carbons (Fsp3) is 0.625. The van der Waals surface area contributed by atoms with Gasteiger partial charge in [-0.1, -0.05) is 18.2 Å². The topological polar surface area (TPSA) is 15.3 Å². The number of hydrogen-bond donors (Lipinski definition) is 1. The number of aryl methyl sites for hydroxylation is 2. The van der Waals surface area contributed by atoms with Gasteiger partial charge in [0.1, 0.15) is 0 Å². The van der Waals surface area contributed by atoms with E-state index in [0.717, 1.165) is 37.3 Å². The minimum absolute atomic E-state index is 0. The lowest BCUT2D eigenvalue weighted by atomic mass is 9.96. The Hall–Kier alpha value is -0.490. The molecular weight excluding hydrogens is 348 g/mol. The Morgan fingerprint density at radius 1 is 1.09 bits per heavy atom. The molecule has 1 saturated heterocycles. The van der Waals surface area contributed by atoms with Gasteiger partial charge in [0.2, 0.25) is 0 Å². The van der Waals surface area contributed by atoms with E-state index in [4.69, 9.17) is 0 Å². The fourth-order valence-corrected chi connectivity index (χ4v) is 2.83. The molecule has 1 atom stereocenters. The highest BCUT2D eigenvalue weighted by Crippen LogP contribution is 2.32. The molecule has 23 heavy (non-hydrogen) atoms. The zero-order chi connectivity index (χ0) is 15.5. The van der Waals surface area contributed by atoms with Crippen LogP contribution in [0.25, 0.3) is 0 Å². The molecule has 0 aliphatic carbocycles. The lowest BCUT2D eigenvalue weighted by Gasteiger charge is -2.35. The van der Waals surface area contributed by atoms with E-state index in [1.165, 1.54) is 5.56 Å². The zero-order valence-electron chi connectivity index (χ0n) is 13.4. The largest absolute Gasteiger partial charge is 0.389 e. The van der Waals surface area contributed by atoms with Crippen LogP contribution in [0, 0.1) is 13.8 Å². The normalized spacial score (nSPS) is 17.1. The molecule has 1 fully saturated rings. The maximum Gasteiger partial charge on any atom is 0.389 e. The van der Waals surface area contributed by atoms with E-state index in [0.29, 0.717) is 0 Å². The third-order valence-electron chi connectivity index (χ3n) is 4.21. The number of benzene rings is 1. The van der Waals surface area contributed by atoms with Gasteiger partial charge >= 0.3 is 6.18 Å². The first-order chi connectivity index (χ1) is 9.87. The smallest absolute Gasteiger partial charge is 0.314 e. The molecule has 0 unspecified atom stereocenters. The van der Waals surface area contributed by atoms with Crippen LogP contribution in [-0.2, 0) is 0 Å². The predicted octanol–water partition coefficient (Wildman–Crippen LogP) is 4.44. The van der Waals surface area contributed by atoms with E-state index in [1.54, 1.807) is 0 Å². The van der Waals surface area contributed by atoms with Crippen molar-refractivity contribution in [1.82, 2.24) is 10.2 Å². The number of nitrogens with one attached hydrogen (secondary N) is 1. The Morgan fingerprint density at radius 2 is 1.70 bits per heavy atom. The molecule has 0 aromatic heterocycles. The van der Waals surface area contributed by atoms with Gasteiger partial charge in [-0.3, -0.25) is 4.90 Å². The van der Waals surface area contributed by atoms with Crippen molar-refractivity contribution in [3.05, 3.63) is 34.9 Å². The molecule has 134 valence electrons. The van der Waals surface area contributed by atoms with Crippen molar-refractivity contribution in [3.63, 3.8) is 0 Å². The third-order valence-corrected chi connectivity index (χ3v) is 4.21. The SMILES string of the molecule is Cc1ccc([C@@H](CCC(F)(F)F)N2CCNCC2)cc1C.Cl.Cl. The van der Waals surface area contributed by atoms with Crippen LogP contribution < -0.4 is 5.32 Å². The average molecular weight is 373 g/mol. The molecule has 0 spiro atoms. The summed E-state index contributed by atoms with van der Waals surface area (Å²) < 4.78 is 37.8. The van der Waals surface area contributed by atoms with Crippen LogP contribution in [0.4, 0.5) is 13.2 Å². The molecule has 7 heteroatoms. The Labute approximate surface area is 148 Å². The van der Waals surface area contributed by atoms with Gasteiger partial charge < -0.3 is 5.32 Å². The highest BCUT2D eigenvalue weighted by atomic mass is 35.5. The van der Waals surface area contributed by atoms with Crippen molar-refractivity contribution < 1.29 is 13.2 Å². The molecule has 1 aliphatic rings. The summed E-state index contributed by atoms with van der Waals surface area (Å²) in [7, 11) is 0. The lowest BCUT2D eigenvalue weighted by molar-refractivity contribution is -0.138. The third kappa shape index (κ3) is 6.87. The van der Waals surface area contributed by atoms with E-state index in [-0.39, 0.29) is 37.3 Å². The summed E-state index contributed by atoms with van der Waals surface area (Å²) in [6.07, 6.45) is -4.69. The minimum Gasteiger partial charge on any atom is -0.314 e. The second-order valence-electron chi connectivity index (χ2n) is 5.80. The van der Waals surface area contributed by atoms with Gasteiger partial charge in [0.25, 0.3) is 0 Å². The van der Waals surface area contributed by atoms with E-state index >= 15 is 0 Å². The quantitative estimate of drug-likeness (QED) is 0.840. The summed E-state index contributed by atoms with van der Waals surface area (Å²) in [4.78, 5) is 2.17. The van der Waals surface area contributed by atoms with Crippen LogP contribution in [0.15, 0.2) is 18.2 Å². The summed E-state index contributed by atoms with van der Waals surface area (Å²) in [6, 6.07) is 5.88. The molecule has 1 aliphatic heterocycles. The monoisotopic (exact) mass is 372 g/mol. The highest BCUT2D eigenvalue weighted by molar-refractivity contribution is 5.85. The van der Waals surface area contributed by atoms with Crippen LogP contribution in [-0.4, -0.2) is 37.3 Å². The van der Waals surface area contributed by atoms with Gasteiger partial charge in [0, 0.05) is 38.6 Å². The van der Waals surface area contributed by atoms with Crippen molar-refractivity contribution >= 4 is 24.8 Å². The predicted molar refractivity (Wildman–Crippen MR) is 92.9 cm³/mol. The zero-order valence-corrected chi connectivity index (χ0v) is 15.1. The number of halogens is 5. The van der Waals surface area contributed by atoms with Crippen molar-refractivity contribution in [3.8, 4) is 0 Å². The molecule has 1 aromatic rings. The van der Waals surface area contributed by atoms with Crippen LogP contribution in [0.2, 0.25) is 0 Å². The van der Waals surface area contributed by atoms with Gasteiger partial charge in [0.15, 0.2) is 0 Å². The fourth-order valence-electron chi connectivity index (χ4n) is 2.83. The van der Waals surface area contributed by atoms with Crippen LogP contribution in [0.5, 0.6) is 0 Å². The number of rotatable bonds is 4. The molecule has 2 nitrogen and oxygen atoms in total. The van der Waals surface area contributed by atoms with E-state index < -0.39 is 12.6 Å². The van der Waals surface area contributed by atoms with Gasteiger partial charge in [-0.2, -0.15) is 13.2 Å². The Bertz CT molecular complexity index is 475. The van der Waals surface area contributed by atoms with Crippen LogP contribution in [0.3, 0.4) is 0 Å². The standard InChI is InChI=1S/C16H23F3N2.2ClH/c1-12-3-4-14(11-13(12)2)15(5-6-16(17,18)19)21-9-7-20-8-10-21;;/h3-4,11,15,20H,5-10H2,1-2H3;2*1H/t15-;;/m1../s1. The lowest BCUT2D eigenvalue weighted by Crippen LogP contribution is -2.45. The second kappa shape index (κ2) is 9.72. The number of hydrogen-bond acceptors (Lipinski definition) is 2. The van der Waals surface area contributed by atoms with Crippen molar-refractivity contribution in [2.24, 2.45) is 0 Å². The molecular formula is C16H25Cl2F3N2. The Morgan fingerprint density at radius 3 is 2.22 bits per heavy atom. The highest BCUT2D eigenvalue weighted by Gasteiger charge is 2.31. The molecule has 1 aromatic carbocycles. The summed E-state index contributed by atoms with van der Waals surface area (Å²) >= 11 is 0. The van der Waals surface area contributed by atoms with E-state index in [2.05, 4.69) is 10.2 Å². The summed E-state index contributed by atoms with van der Waals surface area (Å²) in [5.41, 5.74) is 3.32. The first-order valence-corrected chi connectivity index (χ1v) is 7.45. The van der Waals surface area contributed by atoms with Gasteiger partial charge in [-0.15, -0.1) is 24.8 Å². The van der Waals surface area contributed by atoms with Crippen LogP contribution >= 0.6 is 24.8 Å². The molecule has 1 N–H and O–H groups in total. The molecule has 0 radical (unpaired) electrons. The minimum atomic E-state index is -4.09. The van der Waals surface area contributed by atoms with E-state index in [1.807, 2.05) is 32.0 Å². The first-order valence-electron chi connectivity index (χ1n) is 7.45. The molecule has 0 bridgehead atoms. The van der Waals surface area contributed by atoms with Gasteiger partial charge in [-0.05, 0) is 37.0 Å². The number of nitrogens with zero attached hydrogens (tertiary/aromatic N) is 1. The van der Waals surface area contributed by atoms with Crippen molar-refractivity contribution in [2.75, 3.05) is 26.2 Å². The van der Waals surface area contributed by atoms with E-state index in [9.17, 15) is 13.2 Å². The van der Waals surface area contributed by atoms with Crippen molar-refractivity contribution in [2.45, 2.75) is 38.9 Å². The maximum absolute atomic E-state index is 12.6. The molecule has 1 heterocycles. The summed E-state index contributed by atoms with van der Waals surface area (Å²) in [5.74, 6) is 0. The molecule has 0 amide bonds. The summed E-state index contributed by atoms with van der Waals surface area (Å²) in [5, 5.41) is 3.25. The van der Waals surface area contributed by atoms with Crippen LogP contribution in [0.1, 0.15) is 35.6 Å². The Kier molecular flexibility index (Phi) is 9.51. The molecule has 0 saturated carbocycles. The Balaban J connectivity index is 0.00000242. The maximum atomic E-state index is 12.6. The summed E-state index contributed by atoms with van der Waals surface area (Å²) in [6.45, 7) is 7.32. The van der Waals surface area contributed by atoms with Gasteiger partial charge in [-0.25, -0.2) is 0 Å². The molecule has 2 rings (SSSR count). The number of alkyl halides is 3. The first kappa shape index (κ1) is 22.5. The van der Waals surface area contributed by atoms with Crippen molar-refractivity contribution in [1.29, 1.82) is 0 Å². The van der Waals surface area contributed by atoms with Gasteiger partial charge in [0.05, 0.1) is 0 Å². The number of piperazine rings is 1. The average Bonchev–Trinajstić information content (AvgIpc) is 2.43. The second-order valence-corrected chi connectivity index (χ2v) is 5.80.